The minimum Gasteiger partial charge on any atom is -0.420 e. The van der Waals surface area contributed by atoms with Crippen LogP contribution < -0.4 is 5.56 Å². The number of pyridine rings is 1. The molecule has 156 valence electrons. The molecule has 0 saturated heterocycles. The van der Waals surface area contributed by atoms with E-state index >= 15 is 0 Å². The van der Waals surface area contributed by atoms with Crippen molar-refractivity contribution in [1.29, 1.82) is 0 Å². The minimum atomic E-state index is -1.18. The van der Waals surface area contributed by atoms with Crippen LogP contribution in [0.3, 0.4) is 0 Å². The van der Waals surface area contributed by atoms with Gasteiger partial charge in [0.2, 0.25) is 11.8 Å². The van der Waals surface area contributed by atoms with Crippen LogP contribution in [0.25, 0.3) is 22.4 Å². The quantitative estimate of drug-likeness (QED) is 0.364. The van der Waals surface area contributed by atoms with E-state index in [1.807, 2.05) is 11.5 Å². The lowest BCUT2D eigenvalue weighted by Gasteiger charge is -2.16. The summed E-state index contributed by atoms with van der Waals surface area (Å²) in [6.45, 7) is 9.96. The first-order valence-electron chi connectivity index (χ1n) is 9.97. The first-order valence-corrected chi connectivity index (χ1v) is 14.5. The molecular weight excluding hydrogens is 452 g/mol. The van der Waals surface area contributed by atoms with Crippen molar-refractivity contribution in [3.05, 3.63) is 32.6 Å². The second-order valence-electron chi connectivity index (χ2n) is 9.07. The van der Waals surface area contributed by atoms with Crippen molar-refractivity contribution in [2.45, 2.75) is 58.1 Å². The molecule has 1 fully saturated rings. The van der Waals surface area contributed by atoms with Gasteiger partial charge in [-0.1, -0.05) is 19.6 Å². The molecule has 0 aromatic carbocycles. The first kappa shape index (κ1) is 20.6. The Bertz CT molecular complexity index is 1120. The van der Waals surface area contributed by atoms with E-state index in [0.717, 1.165) is 40.0 Å². The summed E-state index contributed by atoms with van der Waals surface area (Å²) in [4.78, 5) is 13.0. The van der Waals surface area contributed by atoms with Crippen molar-refractivity contribution < 1.29 is 9.15 Å². The summed E-state index contributed by atoms with van der Waals surface area (Å²) in [6, 6.07) is 1.08. The Kier molecular flexibility index (Phi) is 5.33. The average Bonchev–Trinajstić information content (AvgIpc) is 3.29. The van der Waals surface area contributed by atoms with Crippen LogP contribution in [0.2, 0.25) is 25.7 Å². The Labute approximate surface area is 179 Å². The second kappa shape index (κ2) is 7.52. The van der Waals surface area contributed by atoms with Gasteiger partial charge in [-0.15, -0.1) is 10.2 Å². The van der Waals surface area contributed by atoms with Crippen LogP contribution in [0.5, 0.6) is 0 Å². The number of nitrogens with zero attached hydrogens (tertiary/aromatic N) is 4. The summed E-state index contributed by atoms with van der Waals surface area (Å²) in [5.41, 5.74) is 2.21. The van der Waals surface area contributed by atoms with E-state index in [1.165, 1.54) is 0 Å². The molecule has 0 spiro atoms. The minimum absolute atomic E-state index is 0.0757. The fourth-order valence-electron chi connectivity index (χ4n) is 3.44. The van der Waals surface area contributed by atoms with Crippen molar-refractivity contribution in [2.24, 2.45) is 7.05 Å². The second-order valence-corrected chi connectivity index (χ2v) is 15.5. The van der Waals surface area contributed by atoms with Gasteiger partial charge in [-0.3, -0.25) is 4.79 Å². The summed E-state index contributed by atoms with van der Waals surface area (Å²) in [5.74, 6) is 1.53. The van der Waals surface area contributed by atoms with Gasteiger partial charge >= 0.3 is 0 Å². The number of ether oxygens (including phenoxy) is 1. The highest BCUT2D eigenvalue weighted by Gasteiger charge is 2.31. The highest BCUT2D eigenvalue weighted by atomic mass is 79.9. The maximum Gasteiger partial charge on any atom is 0.274 e. The van der Waals surface area contributed by atoms with Gasteiger partial charge < -0.3 is 18.3 Å². The van der Waals surface area contributed by atoms with Crippen LogP contribution in [-0.4, -0.2) is 34.0 Å². The van der Waals surface area contributed by atoms with Gasteiger partial charge in [0.05, 0.1) is 5.56 Å². The van der Waals surface area contributed by atoms with E-state index in [0.29, 0.717) is 36.6 Å². The van der Waals surface area contributed by atoms with E-state index in [2.05, 4.69) is 45.8 Å². The fourth-order valence-corrected chi connectivity index (χ4v) is 4.89. The predicted molar refractivity (Wildman–Crippen MR) is 119 cm³/mol. The van der Waals surface area contributed by atoms with Crippen molar-refractivity contribution >= 4 is 34.9 Å². The summed E-state index contributed by atoms with van der Waals surface area (Å²) >= 11 is 3.64. The van der Waals surface area contributed by atoms with E-state index < -0.39 is 8.07 Å². The summed E-state index contributed by atoms with van der Waals surface area (Å²) in [7, 11) is 0.571. The van der Waals surface area contributed by atoms with Crippen molar-refractivity contribution in [2.75, 3.05) is 6.61 Å². The number of hydrogen-bond donors (Lipinski definition) is 0. The van der Waals surface area contributed by atoms with Gasteiger partial charge in [-0.25, -0.2) is 0 Å². The molecule has 0 unspecified atom stereocenters. The Morgan fingerprint density at radius 3 is 2.69 bits per heavy atom. The highest BCUT2D eigenvalue weighted by molar-refractivity contribution is 9.10. The Hall–Kier alpha value is -1.71. The number of rotatable bonds is 7. The Morgan fingerprint density at radius 2 is 2.03 bits per heavy atom. The number of fused-ring (bicyclic) bond motifs is 1. The SMILES string of the molecule is Cc1c(-c2nnc(C3CC3)o2)c2c(Br)cn(C)c(=O)c2n1COCC[Si](C)(C)C. The molecule has 0 atom stereocenters. The molecule has 4 rings (SSSR count). The van der Waals surface area contributed by atoms with E-state index in [9.17, 15) is 4.79 Å². The molecule has 29 heavy (non-hydrogen) atoms. The van der Waals surface area contributed by atoms with Gasteiger partial charge in [-0.05, 0) is 41.7 Å². The van der Waals surface area contributed by atoms with Gasteiger partial charge in [0, 0.05) is 49.4 Å². The molecule has 0 bridgehead atoms. The maximum absolute atomic E-state index is 13.0. The molecule has 0 radical (unpaired) electrons. The van der Waals surface area contributed by atoms with E-state index in [1.54, 1.807) is 17.8 Å². The Balaban J connectivity index is 1.79. The topological polar surface area (TPSA) is 75.1 Å². The largest absolute Gasteiger partial charge is 0.420 e. The summed E-state index contributed by atoms with van der Waals surface area (Å²) in [6.07, 6.45) is 3.97. The summed E-state index contributed by atoms with van der Waals surface area (Å²) < 4.78 is 16.3. The van der Waals surface area contributed by atoms with Gasteiger partial charge in [-0.2, -0.15) is 0 Å². The van der Waals surface area contributed by atoms with Crippen LogP contribution >= 0.6 is 15.9 Å². The molecule has 3 aromatic heterocycles. The zero-order valence-corrected chi connectivity index (χ0v) is 20.2. The lowest BCUT2D eigenvalue weighted by atomic mass is 10.1. The lowest BCUT2D eigenvalue weighted by molar-refractivity contribution is 0.0889. The average molecular weight is 479 g/mol. The molecule has 3 aromatic rings. The lowest BCUT2D eigenvalue weighted by Crippen LogP contribution is -2.23. The third-order valence-corrected chi connectivity index (χ3v) is 7.70. The van der Waals surface area contributed by atoms with E-state index in [4.69, 9.17) is 9.15 Å². The standard InChI is InChI=1S/C20H27BrN4O3Si/c1-12-15(19-23-22-18(28-19)13-6-7-13)16-14(21)10-24(2)20(26)17(16)25(12)11-27-8-9-29(3,4)5/h10,13H,6-9,11H2,1-5H3. The molecule has 0 aliphatic heterocycles. The molecule has 1 aliphatic rings. The van der Waals surface area contributed by atoms with Crippen molar-refractivity contribution in [3.63, 3.8) is 0 Å². The molecule has 1 saturated carbocycles. The zero-order valence-electron chi connectivity index (χ0n) is 17.6. The molecular formula is C20H27BrN4O3Si. The molecule has 0 amide bonds. The monoisotopic (exact) mass is 478 g/mol. The number of aromatic nitrogens is 4. The van der Waals surface area contributed by atoms with Crippen molar-refractivity contribution in [1.82, 2.24) is 19.3 Å². The van der Waals surface area contributed by atoms with Crippen LogP contribution in [0.1, 0.15) is 30.3 Å². The molecule has 9 heteroatoms. The highest BCUT2D eigenvalue weighted by Crippen LogP contribution is 2.42. The number of hydrogen-bond acceptors (Lipinski definition) is 5. The zero-order chi connectivity index (χ0) is 20.9. The third-order valence-electron chi connectivity index (χ3n) is 5.39. The Morgan fingerprint density at radius 1 is 1.31 bits per heavy atom. The predicted octanol–water partition coefficient (Wildman–Crippen LogP) is 4.65. The van der Waals surface area contributed by atoms with Crippen LogP contribution in [-0.2, 0) is 18.5 Å². The smallest absolute Gasteiger partial charge is 0.274 e. The van der Waals surface area contributed by atoms with E-state index in [-0.39, 0.29) is 5.56 Å². The normalized spacial score (nSPS) is 14.8. The molecule has 3 heterocycles. The molecule has 7 nitrogen and oxygen atoms in total. The molecule has 1 aliphatic carbocycles. The maximum atomic E-state index is 13.0. The fraction of sp³-hybridized carbons (Fsp3) is 0.550. The number of halogens is 1. The van der Waals surface area contributed by atoms with Crippen LogP contribution in [0.4, 0.5) is 0 Å². The van der Waals surface area contributed by atoms with Gasteiger partial charge in [0.25, 0.3) is 5.56 Å². The van der Waals surface area contributed by atoms with Gasteiger partial charge in [0.15, 0.2) is 0 Å². The third kappa shape index (κ3) is 4.00. The molecule has 0 N–H and O–H groups in total. The van der Waals surface area contributed by atoms with Crippen LogP contribution in [0, 0.1) is 6.92 Å². The first-order chi connectivity index (χ1) is 13.7. The van der Waals surface area contributed by atoms with Crippen LogP contribution in [0.15, 0.2) is 19.9 Å². The number of aryl methyl sites for hydroxylation is 1. The summed E-state index contributed by atoms with van der Waals surface area (Å²) in [5, 5.41) is 9.33. The van der Waals surface area contributed by atoms with Gasteiger partial charge in [0.1, 0.15) is 12.2 Å². The van der Waals surface area contributed by atoms with Crippen molar-refractivity contribution in [3.8, 4) is 11.5 Å².